The van der Waals surface area contributed by atoms with E-state index >= 15 is 0 Å². The van der Waals surface area contributed by atoms with E-state index < -0.39 is 11.8 Å². The fourth-order valence-electron chi connectivity index (χ4n) is 2.92. The van der Waals surface area contributed by atoms with Gasteiger partial charge in [-0.3, -0.25) is 25.8 Å². The van der Waals surface area contributed by atoms with Crippen molar-refractivity contribution >= 4 is 29.1 Å². The van der Waals surface area contributed by atoms with Crippen molar-refractivity contribution in [3.63, 3.8) is 0 Å². The van der Waals surface area contributed by atoms with Crippen molar-refractivity contribution in [1.29, 1.82) is 0 Å². The van der Waals surface area contributed by atoms with E-state index in [0.717, 1.165) is 11.1 Å². The Morgan fingerprint density at radius 1 is 0.879 bits per heavy atom. The molecule has 2 amide bonds. The van der Waals surface area contributed by atoms with Crippen LogP contribution >= 0.6 is 12.2 Å². The molecule has 3 rings (SSSR count). The van der Waals surface area contributed by atoms with Crippen LogP contribution in [0, 0.1) is 6.92 Å². The molecule has 0 spiro atoms. The number of benzene rings is 3. The van der Waals surface area contributed by atoms with Crippen LogP contribution in [0.15, 0.2) is 78.9 Å². The molecule has 0 heterocycles. The number of amides is 2. The molecule has 0 bridgehead atoms. The van der Waals surface area contributed by atoms with E-state index in [1.807, 2.05) is 55.5 Å². The van der Waals surface area contributed by atoms with Gasteiger partial charge in [0.15, 0.2) is 11.7 Å². The predicted octanol–water partition coefficient (Wildman–Crippen LogP) is 3.33. The number of ether oxygens (including phenoxy) is 2. The number of carbonyl (C=O) groups excluding carboxylic acids is 2. The maximum atomic E-state index is 12.6. The van der Waals surface area contributed by atoms with Gasteiger partial charge in [-0.15, -0.1) is 0 Å². The topological polar surface area (TPSA) is 88.7 Å². The zero-order chi connectivity index (χ0) is 23.5. The summed E-state index contributed by atoms with van der Waals surface area (Å²) in [6.45, 7) is 2.15. The summed E-state index contributed by atoms with van der Waals surface area (Å²) >= 11 is 5.10. The minimum Gasteiger partial charge on any atom is -0.492 e. The monoisotopic (exact) mass is 463 g/mol. The Bertz CT molecular complexity index is 1110. The van der Waals surface area contributed by atoms with Crippen LogP contribution < -0.4 is 25.6 Å². The van der Waals surface area contributed by atoms with Crippen LogP contribution in [-0.2, 0) is 11.2 Å². The molecule has 33 heavy (non-hydrogen) atoms. The van der Waals surface area contributed by atoms with Gasteiger partial charge in [0, 0.05) is 6.42 Å². The fourth-order valence-corrected chi connectivity index (χ4v) is 3.07. The number of hydrazine groups is 1. The van der Waals surface area contributed by atoms with Gasteiger partial charge in [0.1, 0.15) is 11.5 Å². The van der Waals surface area contributed by atoms with Gasteiger partial charge < -0.3 is 9.47 Å². The van der Waals surface area contributed by atoms with Gasteiger partial charge in [0.05, 0.1) is 12.2 Å². The smallest absolute Gasteiger partial charge is 0.276 e. The highest BCUT2D eigenvalue weighted by Crippen LogP contribution is 2.18. The summed E-state index contributed by atoms with van der Waals surface area (Å²) in [5, 5.41) is 2.47. The molecule has 8 heteroatoms. The number of nitrogens with one attached hydrogen (secondary N) is 3. The average molecular weight is 464 g/mol. The highest BCUT2D eigenvalue weighted by Gasteiger charge is 2.14. The van der Waals surface area contributed by atoms with Crippen molar-refractivity contribution in [2.45, 2.75) is 13.3 Å². The zero-order valence-electron chi connectivity index (χ0n) is 18.2. The van der Waals surface area contributed by atoms with E-state index in [4.69, 9.17) is 21.7 Å². The van der Waals surface area contributed by atoms with Crippen molar-refractivity contribution < 1.29 is 19.1 Å². The normalized spacial score (nSPS) is 10.1. The van der Waals surface area contributed by atoms with E-state index in [2.05, 4.69) is 16.2 Å². The van der Waals surface area contributed by atoms with Crippen molar-refractivity contribution in [1.82, 2.24) is 16.2 Å². The quantitative estimate of drug-likeness (QED) is 0.351. The number of thiocarbonyl (C=S) groups is 1. The summed E-state index contributed by atoms with van der Waals surface area (Å²) in [5.74, 6) is 0.139. The van der Waals surface area contributed by atoms with Gasteiger partial charge in [-0.25, -0.2) is 0 Å². The van der Waals surface area contributed by atoms with Gasteiger partial charge in [-0.05, 0) is 54.5 Å². The summed E-state index contributed by atoms with van der Waals surface area (Å²) in [7, 11) is 0. The molecule has 7 nitrogen and oxygen atoms in total. The number of hydrogen-bond acceptors (Lipinski definition) is 5. The van der Waals surface area contributed by atoms with E-state index in [1.165, 1.54) is 0 Å². The molecule has 3 N–H and O–H groups in total. The lowest BCUT2D eigenvalue weighted by molar-refractivity contribution is -0.123. The summed E-state index contributed by atoms with van der Waals surface area (Å²) in [5.41, 5.74) is 7.39. The first-order valence-corrected chi connectivity index (χ1v) is 10.8. The lowest BCUT2D eigenvalue weighted by Crippen LogP contribution is -2.49. The molecule has 0 saturated carbocycles. The second kappa shape index (κ2) is 12.2. The van der Waals surface area contributed by atoms with Crippen molar-refractivity contribution in [3.05, 3.63) is 95.6 Å². The maximum Gasteiger partial charge on any atom is 0.276 e. The van der Waals surface area contributed by atoms with Crippen molar-refractivity contribution in [3.8, 4) is 11.5 Å². The molecule has 0 fully saturated rings. The fraction of sp³-hybridized carbons (Fsp3) is 0.160. The Labute approximate surface area is 198 Å². The Morgan fingerprint density at radius 3 is 2.42 bits per heavy atom. The number of hydrogen-bond donors (Lipinski definition) is 3. The van der Waals surface area contributed by atoms with Crippen LogP contribution in [-0.4, -0.2) is 30.1 Å². The van der Waals surface area contributed by atoms with Gasteiger partial charge in [-0.2, -0.15) is 0 Å². The lowest BCUT2D eigenvalue weighted by Gasteiger charge is -2.14. The molecule has 0 atom stereocenters. The molecule has 3 aromatic rings. The SMILES string of the molecule is Cc1cccc(OCC(=O)NNC(=S)NC(=O)c2ccccc2OCCc2ccccc2)c1. The van der Waals surface area contributed by atoms with E-state index in [0.29, 0.717) is 30.1 Å². The molecule has 0 aliphatic heterocycles. The number of carbonyl (C=O) groups is 2. The molecular weight excluding hydrogens is 438 g/mol. The lowest BCUT2D eigenvalue weighted by atomic mass is 10.1. The van der Waals surface area contributed by atoms with Gasteiger partial charge in [-0.1, -0.05) is 54.6 Å². The van der Waals surface area contributed by atoms with Crippen LogP contribution in [0.4, 0.5) is 0 Å². The third kappa shape index (κ3) is 7.93. The Kier molecular flexibility index (Phi) is 8.79. The second-order valence-corrected chi connectivity index (χ2v) is 7.55. The molecule has 170 valence electrons. The summed E-state index contributed by atoms with van der Waals surface area (Å²) in [6, 6.07) is 24.2. The van der Waals surface area contributed by atoms with Gasteiger partial charge >= 0.3 is 0 Å². The summed E-state index contributed by atoms with van der Waals surface area (Å²) in [6.07, 6.45) is 0.716. The Balaban J connectivity index is 1.44. The van der Waals surface area contributed by atoms with Crippen LogP contribution in [0.2, 0.25) is 0 Å². The van der Waals surface area contributed by atoms with Gasteiger partial charge in [0.25, 0.3) is 11.8 Å². The summed E-state index contributed by atoms with van der Waals surface area (Å²) < 4.78 is 11.2. The molecule has 0 saturated heterocycles. The Morgan fingerprint density at radius 2 is 1.64 bits per heavy atom. The highest BCUT2D eigenvalue weighted by atomic mass is 32.1. The van der Waals surface area contributed by atoms with Crippen LogP contribution in [0.5, 0.6) is 11.5 Å². The van der Waals surface area contributed by atoms with Crippen LogP contribution in [0.1, 0.15) is 21.5 Å². The zero-order valence-corrected chi connectivity index (χ0v) is 19.0. The molecule has 0 aromatic heterocycles. The second-order valence-electron chi connectivity index (χ2n) is 7.14. The molecule has 0 unspecified atom stereocenters. The number of para-hydroxylation sites is 1. The van der Waals surface area contributed by atoms with Crippen molar-refractivity contribution in [2.75, 3.05) is 13.2 Å². The molecule has 3 aromatic carbocycles. The minimum atomic E-state index is -0.451. The standard InChI is InChI=1S/C25H25N3O4S/c1-18-8-7-11-20(16-18)32-17-23(29)27-28-25(33)26-24(30)21-12-5-6-13-22(21)31-15-14-19-9-3-2-4-10-19/h2-13,16H,14-15,17H2,1H3,(H,27,29)(H2,26,28,30,33). The molecular formula is C25H25N3O4S. The molecule has 0 aliphatic rings. The van der Waals surface area contributed by atoms with Crippen LogP contribution in [0.25, 0.3) is 0 Å². The molecule has 0 radical (unpaired) electrons. The first kappa shape index (κ1) is 23.7. The van der Waals surface area contributed by atoms with Gasteiger partial charge in [0.2, 0.25) is 0 Å². The minimum absolute atomic E-state index is 0.0528. The van der Waals surface area contributed by atoms with E-state index in [1.54, 1.807) is 30.3 Å². The first-order chi connectivity index (χ1) is 16.0. The largest absolute Gasteiger partial charge is 0.492 e. The van der Waals surface area contributed by atoms with Crippen molar-refractivity contribution in [2.24, 2.45) is 0 Å². The summed E-state index contributed by atoms with van der Waals surface area (Å²) in [4.78, 5) is 24.6. The third-order valence-corrected chi connectivity index (χ3v) is 4.73. The van der Waals surface area contributed by atoms with E-state index in [9.17, 15) is 9.59 Å². The average Bonchev–Trinajstić information content (AvgIpc) is 2.82. The third-order valence-electron chi connectivity index (χ3n) is 4.52. The van der Waals surface area contributed by atoms with Crippen LogP contribution in [0.3, 0.4) is 0 Å². The van der Waals surface area contributed by atoms with E-state index in [-0.39, 0.29) is 11.7 Å². The highest BCUT2D eigenvalue weighted by molar-refractivity contribution is 7.80. The number of rotatable bonds is 8. The molecule has 0 aliphatic carbocycles. The number of aryl methyl sites for hydroxylation is 1. The maximum absolute atomic E-state index is 12.6. The Hall–Kier alpha value is -3.91. The predicted molar refractivity (Wildman–Crippen MR) is 130 cm³/mol. The first-order valence-electron chi connectivity index (χ1n) is 10.4.